The molecule has 0 saturated carbocycles. The number of sulfone groups is 1. The van der Waals surface area contributed by atoms with Gasteiger partial charge in [-0.1, -0.05) is 28.0 Å². The molecule has 5 aromatic rings. The molecule has 0 amide bonds. The summed E-state index contributed by atoms with van der Waals surface area (Å²) in [4.78, 5) is -1.51. The fourth-order valence-corrected chi connectivity index (χ4v) is 6.20. The zero-order valence-electron chi connectivity index (χ0n) is 31.0. The second-order valence-corrected chi connectivity index (χ2v) is 15.8. The molecule has 0 aromatic heterocycles. The van der Waals surface area contributed by atoms with E-state index in [1.54, 1.807) is 24.3 Å². The average molecular weight is 970 g/mol. The van der Waals surface area contributed by atoms with Crippen LogP contribution in [0.4, 0.5) is 28.4 Å². The number of nitrogens with one attached hydrogen (secondary N) is 1. The Balaban J connectivity index is -0.00000259. The molecule has 0 bridgehead atoms. The first kappa shape index (κ1) is 62.7. The minimum absolute atomic E-state index is 0. The Morgan fingerprint density at radius 1 is 0.707 bits per heavy atom. The summed E-state index contributed by atoms with van der Waals surface area (Å²) < 4.78 is 127. The molecule has 0 fully saturated rings. The molecule has 0 aliphatic carbocycles. The Labute approximate surface area is 454 Å². The molecule has 0 heterocycles. The Bertz CT molecular complexity index is 2730. The molecular weight excluding hydrogens is 949 g/mol. The number of anilines is 1. The van der Waals surface area contributed by atoms with Gasteiger partial charge in [-0.15, -0.1) is 16.6 Å². The van der Waals surface area contributed by atoms with Gasteiger partial charge in [-0.25, -0.2) is 33.7 Å². The summed E-state index contributed by atoms with van der Waals surface area (Å²) in [6, 6.07) is 20.1. The summed E-state index contributed by atoms with van der Waals surface area (Å²) in [6.45, 7) is 3.27. The number of rotatable bonds is 10. The zero-order valence-corrected chi connectivity index (χ0v) is 45.2. The summed E-state index contributed by atoms with van der Waals surface area (Å²) in [7, 11) is -19.0. The molecule has 58 heavy (non-hydrogen) atoms. The van der Waals surface area contributed by atoms with E-state index in [1.807, 2.05) is 0 Å². The van der Waals surface area contributed by atoms with Crippen molar-refractivity contribution in [1.29, 1.82) is 0 Å². The molecule has 4 N–H and O–H groups in total. The summed E-state index contributed by atoms with van der Waals surface area (Å²) in [6.07, 6.45) is 0. The molecule has 19 nitrogen and oxygen atoms in total. The molecule has 0 spiro atoms. The van der Waals surface area contributed by atoms with Crippen molar-refractivity contribution in [2.75, 3.05) is 16.9 Å². The topological polar surface area (TPSA) is 328 Å². The van der Waals surface area contributed by atoms with Gasteiger partial charge in [0.15, 0.2) is 9.84 Å². The Morgan fingerprint density at radius 3 is 1.86 bits per heavy atom. The molecule has 5 rings (SSSR count). The van der Waals surface area contributed by atoms with E-state index in [-0.39, 0.29) is 204 Å². The minimum Gasteiger partial charge on any atom is -0.747 e. The molecule has 0 saturated heterocycles. The van der Waals surface area contributed by atoms with Crippen LogP contribution in [-0.2, 0) is 57.5 Å². The van der Waals surface area contributed by atoms with Crippen LogP contribution in [0.5, 0.6) is 11.5 Å². The third kappa shape index (κ3) is 17.9. The van der Waals surface area contributed by atoms with Gasteiger partial charge in [0.1, 0.15) is 43.2 Å². The maximum Gasteiger partial charge on any atom is 1.00 e. The van der Waals surface area contributed by atoms with Crippen molar-refractivity contribution in [3.05, 3.63) is 85.8 Å². The van der Waals surface area contributed by atoms with E-state index in [1.165, 1.54) is 24.3 Å². The number of hydrogen-bond acceptors (Lipinski definition) is 18. The predicted molar refractivity (Wildman–Crippen MR) is 180 cm³/mol. The number of hydrogen-bond donors (Lipinski definition) is 4. The van der Waals surface area contributed by atoms with Crippen LogP contribution in [0.15, 0.2) is 97.0 Å². The second-order valence-electron chi connectivity index (χ2n) is 10.1. The van der Waals surface area contributed by atoms with E-state index in [4.69, 9.17) is 17.5 Å². The number of aromatic hydroxyl groups is 2. The van der Waals surface area contributed by atoms with Crippen molar-refractivity contribution >= 4 is 90.5 Å². The third-order valence-electron chi connectivity index (χ3n) is 6.65. The third-order valence-corrected chi connectivity index (χ3v) is 9.52. The Hall–Kier alpha value is 0.379. The first-order chi connectivity index (χ1) is 24.1. The number of phenols is 2. The Morgan fingerprint density at radius 2 is 1.29 bits per heavy atom. The summed E-state index contributed by atoms with van der Waals surface area (Å²) in [5.74, 6) is -2.35. The van der Waals surface area contributed by atoms with Crippen LogP contribution in [0, 0.1) is 19.1 Å². The van der Waals surface area contributed by atoms with Gasteiger partial charge in [-0.2, -0.15) is 51.7 Å². The van der Waals surface area contributed by atoms with Crippen molar-refractivity contribution in [3.8, 4) is 11.5 Å². The van der Waals surface area contributed by atoms with Gasteiger partial charge < -0.3 is 36.1 Å². The van der Waals surface area contributed by atoms with E-state index >= 15 is 0 Å². The number of phenolic OH excluding ortho intramolecular Hbond substituents is 2. The van der Waals surface area contributed by atoms with E-state index in [2.05, 4.69) is 44.8 Å². The standard InChI is InChI=1S/C29H22N5O10S3.Cu.5Na.H2O4S/c1-2-45(37,38)18-8-12-22(26(15-18)47(42,43)44)31-34-27-20-9-14-25(29(36)21(20)10-13-23(27)30-16-46(39,40)41)33-32-24-11-7-17-5-3-4-6-19(17)28(24)35;;;;;;;1-5(2,3)4/h4-13,15,30,35-36H,1-2,16H2,(H,39,40,41)(H,42,43,44);;;;;;;(H2,1,2,3,4)/q-3;;5*+1;/p-3. The van der Waals surface area contributed by atoms with Crippen LogP contribution in [0.2, 0.25) is 0 Å². The SMILES string of the molecule is O=S(=O)([O-])O.[CH2-]CS(=O)(=O)c1ccc(N=Nc2c(NCS(=O)(=O)[O-])ccc3c(O)c(N=Nc4ccc5c[c-]ccc5c4O)[c-]cc23)c(S(=O)(=O)[O-])c1.[Cu].[Na+].[Na+].[Na+].[Na+].[Na+]. The fourth-order valence-electron chi connectivity index (χ4n) is 4.35. The molecule has 0 unspecified atom stereocenters. The molecule has 287 valence electrons. The Kier molecular flexibility index (Phi) is 28.3. The average Bonchev–Trinajstić information content (AvgIpc) is 3.05. The molecule has 0 aliphatic rings. The van der Waals surface area contributed by atoms with Crippen molar-refractivity contribution in [2.45, 2.75) is 9.79 Å². The van der Waals surface area contributed by atoms with Gasteiger partial charge in [0.25, 0.3) is 0 Å². The van der Waals surface area contributed by atoms with Crippen molar-refractivity contribution in [3.63, 3.8) is 0 Å². The normalized spacial score (nSPS) is 11.4. The minimum atomic E-state index is -5.28. The fraction of sp³-hybridized carbons (Fsp3) is 0.0690. The maximum atomic E-state index is 12.2. The van der Waals surface area contributed by atoms with Crippen molar-refractivity contribution in [2.24, 2.45) is 20.5 Å². The molecule has 5 aromatic carbocycles. The van der Waals surface area contributed by atoms with Crippen LogP contribution in [0.3, 0.4) is 0 Å². The van der Waals surface area contributed by atoms with Gasteiger partial charge in [0.2, 0.25) is 10.4 Å². The van der Waals surface area contributed by atoms with Gasteiger partial charge in [-0.3, -0.25) is 4.55 Å². The quantitative estimate of drug-likeness (QED) is 0.0332. The molecular formula is C29H21CuN5Na5O14S4-. The number of azo groups is 2. The molecule has 0 aliphatic heterocycles. The van der Waals surface area contributed by atoms with Crippen LogP contribution < -0.4 is 153 Å². The number of fused-ring (bicyclic) bond motifs is 2. The molecule has 0 atom stereocenters. The van der Waals surface area contributed by atoms with Crippen LogP contribution in [-0.4, -0.2) is 73.7 Å². The smallest absolute Gasteiger partial charge is 0.747 e. The molecule has 29 heteroatoms. The maximum absolute atomic E-state index is 12.2. The summed E-state index contributed by atoms with van der Waals surface area (Å²) in [5, 5.41) is 41.1. The van der Waals surface area contributed by atoms with E-state index in [0.29, 0.717) is 16.8 Å². The first-order valence-electron chi connectivity index (χ1n) is 13.7. The second kappa shape index (κ2) is 26.2. The number of benzene rings is 5. The van der Waals surface area contributed by atoms with E-state index in [0.717, 1.165) is 12.1 Å². The van der Waals surface area contributed by atoms with Crippen molar-refractivity contribution in [1.82, 2.24) is 0 Å². The van der Waals surface area contributed by atoms with Gasteiger partial charge >= 0.3 is 148 Å². The van der Waals surface area contributed by atoms with E-state index < -0.39 is 73.3 Å². The van der Waals surface area contributed by atoms with Gasteiger partial charge in [-0.05, 0) is 30.3 Å². The predicted octanol–water partition coefficient (Wildman–Crippen LogP) is -10.7. The summed E-state index contributed by atoms with van der Waals surface area (Å²) in [5.41, 5.74) is -0.986. The van der Waals surface area contributed by atoms with Crippen molar-refractivity contribution < 1.29 is 227 Å². The monoisotopic (exact) mass is 969 g/mol. The van der Waals surface area contributed by atoms with Crippen LogP contribution in [0.25, 0.3) is 21.5 Å². The van der Waals surface area contributed by atoms with Gasteiger partial charge in [0.05, 0.1) is 21.2 Å². The van der Waals surface area contributed by atoms with E-state index in [9.17, 15) is 44.6 Å². The summed E-state index contributed by atoms with van der Waals surface area (Å²) >= 11 is 0. The van der Waals surface area contributed by atoms with Crippen LogP contribution in [0.1, 0.15) is 0 Å². The van der Waals surface area contributed by atoms with Crippen LogP contribution >= 0.6 is 0 Å². The molecule has 1 radical (unpaired) electrons. The number of nitrogens with zero attached hydrogens (tertiary/aromatic N) is 4. The first-order valence-corrected chi connectivity index (χ1v) is 19.7. The largest absolute Gasteiger partial charge is 1.00 e. The zero-order chi connectivity index (χ0) is 38.6. The van der Waals surface area contributed by atoms with Gasteiger partial charge in [0, 0.05) is 28.5 Å².